The van der Waals surface area contributed by atoms with E-state index < -0.39 is 24.1 Å². The Morgan fingerprint density at radius 3 is 2.38 bits per heavy atom. The van der Waals surface area contributed by atoms with Gasteiger partial charge in [0.2, 0.25) is 0 Å². The van der Waals surface area contributed by atoms with E-state index in [0.29, 0.717) is 17.7 Å². The molecule has 0 saturated heterocycles. The number of carboxylic acids is 1. The van der Waals surface area contributed by atoms with Crippen molar-refractivity contribution >= 4 is 12.0 Å². The highest BCUT2D eigenvalue weighted by atomic mass is 19.4. The van der Waals surface area contributed by atoms with Gasteiger partial charge in [0.1, 0.15) is 0 Å². The van der Waals surface area contributed by atoms with E-state index >= 15 is 0 Å². The fourth-order valence-corrected chi connectivity index (χ4v) is 3.11. The third-order valence-electron chi connectivity index (χ3n) is 4.49. The zero-order chi connectivity index (χ0) is 21.8. The highest BCUT2D eigenvalue weighted by Gasteiger charge is 2.31. The van der Waals surface area contributed by atoms with Gasteiger partial charge in [0, 0.05) is 20.1 Å². The standard InChI is InChI=1S/C21H23F3N2O3/c1-4-26(20(29)25-3)12-16-7-13(2)5-6-18(16)15-8-14(10-19(27)28)9-17(11-15)21(22,23)24/h5-9,11H,4,10,12H2,1-3H3,(H,25,29)(H,27,28). The second-order valence-electron chi connectivity index (χ2n) is 6.72. The van der Waals surface area contributed by atoms with Crippen LogP contribution in [0.4, 0.5) is 18.0 Å². The first-order valence-corrected chi connectivity index (χ1v) is 9.04. The van der Waals surface area contributed by atoms with Gasteiger partial charge in [0.05, 0.1) is 12.0 Å². The van der Waals surface area contributed by atoms with Gasteiger partial charge in [-0.1, -0.05) is 29.8 Å². The quantitative estimate of drug-likeness (QED) is 0.741. The van der Waals surface area contributed by atoms with Gasteiger partial charge in [-0.25, -0.2) is 4.79 Å². The molecule has 0 aliphatic heterocycles. The van der Waals surface area contributed by atoms with Crippen LogP contribution in [0.1, 0.15) is 29.2 Å². The third kappa shape index (κ3) is 5.73. The molecule has 0 unspecified atom stereocenters. The molecule has 0 aromatic heterocycles. The van der Waals surface area contributed by atoms with Gasteiger partial charge in [-0.05, 0) is 48.2 Å². The van der Waals surface area contributed by atoms with Crippen LogP contribution >= 0.6 is 0 Å². The highest BCUT2D eigenvalue weighted by Crippen LogP contribution is 2.35. The smallest absolute Gasteiger partial charge is 0.416 e. The van der Waals surface area contributed by atoms with Crippen molar-refractivity contribution in [2.24, 2.45) is 0 Å². The molecule has 0 spiro atoms. The molecule has 2 aromatic carbocycles. The number of aliphatic carboxylic acids is 1. The SMILES string of the molecule is CCN(Cc1cc(C)ccc1-c1cc(CC(=O)O)cc(C(F)(F)F)c1)C(=O)NC. The van der Waals surface area contributed by atoms with Crippen molar-refractivity contribution < 1.29 is 27.9 Å². The summed E-state index contributed by atoms with van der Waals surface area (Å²) in [6.07, 6.45) is -5.12. The molecule has 0 bridgehead atoms. The predicted octanol–water partition coefficient (Wildman–Crippen LogP) is 4.47. The summed E-state index contributed by atoms with van der Waals surface area (Å²) >= 11 is 0. The number of nitrogens with one attached hydrogen (secondary N) is 1. The first kappa shape index (κ1) is 22.3. The number of hydrogen-bond acceptors (Lipinski definition) is 2. The molecule has 8 heteroatoms. The fraction of sp³-hybridized carbons (Fsp3) is 0.333. The minimum atomic E-state index is -4.61. The summed E-state index contributed by atoms with van der Waals surface area (Å²) in [6.45, 7) is 4.28. The van der Waals surface area contributed by atoms with Gasteiger partial charge in [-0.15, -0.1) is 0 Å². The number of carbonyl (C=O) groups excluding carboxylic acids is 1. The summed E-state index contributed by atoms with van der Waals surface area (Å²) < 4.78 is 40.1. The van der Waals surface area contributed by atoms with Crippen LogP contribution < -0.4 is 5.32 Å². The van der Waals surface area contributed by atoms with Crippen LogP contribution in [0.3, 0.4) is 0 Å². The second kappa shape index (κ2) is 8.98. The zero-order valence-corrected chi connectivity index (χ0v) is 16.4. The Hall–Kier alpha value is -3.03. The van der Waals surface area contributed by atoms with Crippen LogP contribution in [0.15, 0.2) is 36.4 Å². The van der Waals surface area contributed by atoms with Gasteiger partial charge in [0.25, 0.3) is 0 Å². The average molecular weight is 408 g/mol. The number of carboxylic acid groups (broad SMARTS) is 1. The van der Waals surface area contributed by atoms with Crippen molar-refractivity contribution in [3.8, 4) is 11.1 Å². The molecule has 5 nitrogen and oxygen atoms in total. The molecule has 0 aliphatic carbocycles. The van der Waals surface area contributed by atoms with E-state index in [4.69, 9.17) is 5.11 Å². The largest absolute Gasteiger partial charge is 0.481 e. The molecule has 2 amide bonds. The van der Waals surface area contributed by atoms with Crippen molar-refractivity contribution in [3.63, 3.8) is 0 Å². The highest BCUT2D eigenvalue weighted by molar-refractivity contribution is 5.76. The van der Waals surface area contributed by atoms with Crippen molar-refractivity contribution in [2.75, 3.05) is 13.6 Å². The molecule has 0 heterocycles. The van der Waals surface area contributed by atoms with E-state index in [-0.39, 0.29) is 23.7 Å². The number of hydrogen-bond donors (Lipinski definition) is 2. The Bertz CT molecular complexity index is 911. The van der Waals surface area contributed by atoms with E-state index in [2.05, 4.69) is 5.32 Å². The fourth-order valence-electron chi connectivity index (χ4n) is 3.11. The molecule has 0 aliphatic rings. The maximum absolute atomic E-state index is 13.4. The van der Waals surface area contributed by atoms with Crippen molar-refractivity contribution in [2.45, 2.75) is 33.0 Å². The third-order valence-corrected chi connectivity index (χ3v) is 4.49. The van der Waals surface area contributed by atoms with Gasteiger partial charge in [-0.3, -0.25) is 4.79 Å². The lowest BCUT2D eigenvalue weighted by molar-refractivity contribution is -0.138. The number of amides is 2. The number of aryl methyl sites for hydroxylation is 1. The summed E-state index contributed by atoms with van der Waals surface area (Å²) in [7, 11) is 1.51. The van der Waals surface area contributed by atoms with Crippen LogP contribution in [0.2, 0.25) is 0 Å². The summed E-state index contributed by atoms with van der Waals surface area (Å²) in [6, 6.07) is 8.31. The Balaban J connectivity index is 2.61. The predicted molar refractivity (Wildman–Crippen MR) is 103 cm³/mol. The minimum Gasteiger partial charge on any atom is -0.481 e. The molecular formula is C21H23F3N2O3. The van der Waals surface area contributed by atoms with E-state index in [1.54, 1.807) is 19.1 Å². The number of rotatable bonds is 6. The minimum absolute atomic E-state index is 0.0625. The van der Waals surface area contributed by atoms with Crippen molar-refractivity contribution in [3.05, 3.63) is 58.7 Å². The number of urea groups is 1. The maximum atomic E-state index is 13.4. The summed E-state index contributed by atoms with van der Waals surface area (Å²) in [5.41, 5.74) is 1.52. The van der Waals surface area contributed by atoms with Crippen LogP contribution in [0.25, 0.3) is 11.1 Å². The van der Waals surface area contributed by atoms with E-state index in [0.717, 1.165) is 17.7 Å². The molecule has 0 atom stereocenters. The Morgan fingerprint density at radius 2 is 1.83 bits per heavy atom. The maximum Gasteiger partial charge on any atom is 0.416 e. The molecule has 156 valence electrons. The Morgan fingerprint density at radius 1 is 1.14 bits per heavy atom. The van der Waals surface area contributed by atoms with Gasteiger partial charge < -0.3 is 15.3 Å². The number of alkyl halides is 3. The lowest BCUT2D eigenvalue weighted by atomic mass is 9.93. The topological polar surface area (TPSA) is 69.6 Å². The molecule has 0 saturated carbocycles. The molecule has 2 rings (SSSR count). The monoisotopic (exact) mass is 408 g/mol. The number of nitrogens with zero attached hydrogens (tertiary/aromatic N) is 1. The van der Waals surface area contributed by atoms with Gasteiger partial charge >= 0.3 is 18.2 Å². The normalized spacial score (nSPS) is 11.2. The lowest BCUT2D eigenvalue weighted by Crippen LogP contribution is -2.37. The number of benzene rings is 2. The zero-order valence-electron chi connectivity index (χ0n) is 16.4. The molecule has 0 fully saturated rings. The summed E-state index contributed by atoms with van der Waals surface area (Å²) in [5, 5.41) is 11.6. The van der Waals surface area contributed by atoms with E-state index in [1.807, 2.05) is 13.0 Å². The first-order valence-electron chi connectivity index (χ1n) is 9.04. The average Bonchev–Trinajstić information content (AvgIpc) is 2.64. The molecule has 2 aromatic rings. The Kier molecular flexibility index (Phi) is 6.89. The first-order chi connectivity index (χ1) is 13.5. The Labute approximate surface area is 167 Å². The van der Waals surface area contributed by atoms with Gasteiger partial charge in [0.15, 0.2) is 0 Å². The van der Waals surface area contributed by atoms with Crippen LogP contribution in [-0.4, -0.2) is 35.6 Å². The van der Waals surface area contributed by atoms with Crippen LogP contribution in [0, 0.1) is 6.92 Å². The molecular weight excluding hydrogens is 385 g/mol. The van der Waals surface area contributed by atoms with E-state index in [1.165, 1.54) is 18.0 Å². The number of carbonyl (C=O) groups is 2. The van der Waals surface area contributed by atoms with Gasteiger partial charge in [-0.2, -0.15) is 13.2 Å². The van der Waals surface area contributed by atoms with Crippen molar-refractivity contribution in [1.82, 2.24) is 10.2 Å². The second-order valence-corrected chi connectivity index (χ2v) is 6.72. The van der Waals surface area contributed by atoms with Crippen molar-refractivity contribution in [1.29, 1.82) is 0 Å². The summed E-state index contributed by atoms with van der Waals surface area (Å²) in [5.74, 6) is -1.21. The molecule has 0 radical (unpaired) electrons. The van der Waals surface area contributed by atoms with Crippen LogP contribution in [-0.2, 0) is 23.9 Å². The molecule has 2 N–H and O–H groups in total. The lowest BCUT2D eigenvalue weighted by Gasteiger charge is -2.23. The molecule has 29 heavy (non-hydrogen) atoms. The summed E-state index contributed by atoms with van der Waals surface area (Å²) in [4.78, 5) is 24.6. The van der Waals surface area contributed by atoms with Crippen LogP contribution in [0.5, 0.6) is 0 Å². The number of halogens is 3. The van der Waals surface area contributed by atoms with E-state index in [9.17, 15) is 22.8 Å².